The lowest BCUT2D eigenvalue weighted by Crippen LogP contribution is -2.68. The van der Waals surface area contributed by atoms with Crippen molar-refractivity contribution in [2.24, 2.45) is 10.4 Å². The van der Waals surface area contributed by atoms with E-state index in [0.29, 0.717) is 23.3 Å². The van der Waals surface area contributed by atoms with Crippen LogP contribution < -0.4 is 10.6 Å². The van der Waals surface area contributed by atoms with Gasteiger partial charge in [0.2, 0.25) is 0 Å². The summed E-state index contributed by atoms with van der Waals surface area (Å²) >= 11 is 0. The molecule has 1 aromatic rings. The number of aromatic hydroxyl groups is 1. The third-order valence-electron chi connectivity index (χ3n) is 5.84. The lowest BCUT2D eigenvalue weighted by Gasteiger charge is -2.61. The average molecular weight is 345 g/mol. The van der Waals surface area contributed by atoms with Crippen molar-refractivity contribution in [2.45, 2.75) is 57.6 Å². The van der Waals surface area contributed by atoms with Gasteiger partial charge in [0.1, 0.15) is 5.75 Å². The number of nitrogens with zero attached hydrogens (tertiary/aromatic N) is 1. The van der Waals surface area contributed by atoms with Crippen LogP contribution >= 0.6 is 0 Å². The van der Waals surface area contributed by atoms with E-state index in [1.54, 1.807) is 12.1 Å². The van der Waals surface area contributed by atoms with Gasteiger partial charge in [-0.1, -0.05) is 18.6 Å². The van der Waals surface area contributed by atoms with E-state index in [9.17, 15) is 5.11 Å². The van der Waals surface area contributed by atoms with Gasteiger partial charge in [0, 0.05) is 31.7 Å². The first kappa shape index (κ1) is 18.1. The van der Waals surface area contributed by atoms with E-state index < -0.39 is 0 Å². The fourth-order valence-corrected chi connectivity index (χ4v) is 4.16. The molecule has 1 spiro atoms. The van der Waals surface area contributed by atoms with Crippen LogP contribution in [0.4, 0.5) is 0 Å². The van der Waals surface area contributed by atoms with Crippen LogP contribution in [0.25, 0.3) is 0 Å². The minimum atomic E-state index is 0.322. The Morgan fingerprint density at radius 3 is 2.68 bits per heavy atom. The summed E-state index contributed by atoms with van der Waals surface area (Å²) in [7, 11) is 1.83. The Balaban J connectivity index is 1.41. The summed E-state index contributed by atoms with van der Waals surface area (Å²) in [5.74, 6) is 1.22. The highest BCUT2D eigenvalue weighted by atomic mass is 16.5. The molecule has 0 aromatic heterocycles. The second-order valence-corrected chi connectivity index (χ2v) is 7.23. The lowest BCUT2D eigenvalue weighted by atomic mass is 9.51. The highest BCUT2D eigenvalue weighted by molar-refractivity contribution is 5.80. The fourth-order valence-electron chi connectivity index (χ4n) is 4.16. The van der Waals surface area contributed by atoms with Crippen LogP contribution in [-0.4, -0.2) is 43.4 Å². The Labute approximate surface area is 150 Å². The van der Waals surface area contributed by atoms with Crippen molar-refractivity contribution in [3.63, 3.8) is 0 Å². The Bertz CT molecular complexity index is 581. The molecule has 2 saturated carbocycles. The van der Waals surface area contributed by atoms with E-state index in [1.165, 1.54) is 24.8 Å². The molecule has 2 fully saturated rings. The van der Waals surface area contributed by atoms with Gasteiger partial charge < -0.3 is 20.5 Å². The molecule has 0 heterocycles. The maximum atomic E-state index is 9.32. The maximum absolute atomic E-state index is 9.32. The second-order valence-electron chi connectivity index (χ2n) is 7.23. The first-order chi connectivity index (χ1) is 12.2. The predicted octanol–water partition coefficient (Wildman–Crippen LogP) is 2.84. The number of benzene rings is 1. The smallest absolute Gasteiger partial charge is 0.191 e. The molecule has 2 aliphatic rings. The normalized spacial score (nSPS) is 24.5. The van der Waals surface area contributed by atoms with Crippen molar-refractivity contribution in [3.05, 3.63) is 29.8 Å². The molecule has 5 heteroatoms. The maximum Gasteiger partial charge on any atom is 0.191 e. The monoisotopic (exact) mass is 345 g/mol. The molecule has 1 aromatic carbocycles. The molecule has 0 bridgehead atoms. The van der Waals surface area contributed by atoms with Crippen molar-refractivity contribution in [1.29, 1.82) is 0 Å². The summed E-state index contributed by atoms with van der Waals surface area (Å²) in [6, 6.07) is 7.93. The minimum Gasteiger partial charge on any atom is -0.508 e. The summed E-state index contributed by atoms with van der Waals surface area (Å²) in [6.45, 7) is 3.78. The molecule has 0 radical (unpaired) electrons. The summed E-state index contributed by atoms with van der Waals surface area (Å²) in [6.07, 6.45) is 7.40. The average Bonchev–Trinajstić information content (AvgIpc) is 2.56. The Morgan fingerprint density at radius 1 is 1.32 bits per heavy atom. The Kier molecular flexibility index (Phi) is 5.84. The fraction of sp³-hybridized carbons (Fsp3) is 0.650. The molecule has 0 aliphatic heterocycles. The molecule has 5 nitrogen and oxygen atoms in total. The van der Waals surface area contributed by atoms with E-state index in [-0.39, 0.29) is 0 Å². The van der Waals surface area contributed by atoms with Crippen LogP contribution in [0.1, 0.15) is 44.6 Å². The number of guanidine groups is 1. The Morgan fingerprint density at radius 2 is 2.08 bits per heavy atom. The van der Waals surface area contributed by atoms with Gasteiger partial charge in [-0.05, 0) is 56.7 Å². The second kappa shape index (κ2) is 8.09. The molecule has 3 N–H and O–H groups in total. The largest absolute Gasteiger partial charge is 0.508 e. The molecule has 3 rings (SSSR count). The predicted molar refractivity (Wildman–Crippen MR) is 101 cm³/mol. The molecular formula is C20H31N3O2. The van der Waals surface area contributed by atoms with Crippen molar-refractivity contribution in [2.75, 3.05) is 20.2 Å². The van der Waals surface area contributed by atoms with E-state index in [2.05, 4.69) is 22.5 Å². The van der Waals surface area contributed by atoms with Gasteiger partial charge in [-0.25, -0.2) is 0 Å². The van der Waals surface area contributed by atoms with E-state index in [0.717, 1.165) is 38.4 Å². The number of phenolic OH excluding ortho intramolecular Hbond substituents is 1. The van der Waals surface area contributed by atoms with Crippen LogP contribution in [0.5, 0.6) is 5.75 Å². The van der Waals surface area contributed by atoms with E-state index >= 15 is 0 Å². The number of ether oxygens (including phenoxy) is 1. The van der Waals surface area contributed by atoms with Crippen molar-refractivity contribution >= 4 is 5.96 Å². The van der Waals surface area contributed by atoms with Gasteiger partial charge in [0.15, 0.2) is 5.96 Å². The van der Waals surface area contributed by atoms with Crippen LogP contribution in [0.2, 0.25) is 0 Å². The number of hydrogen-bond acceptors (Lipinski definition) is 3. The zero-order valence-electron chi connectivity index (χ0n) is 15.4. The van der Waals surface area contributed by atoms with Gasteiger partial charge >= 0.3 is 0 Å². The zero-order chi connectivity index (χ0) is 17.7. The molecule has 0 saturated heterocycles. The number of phenols is 1. The zero-order valence-corrected chi connectivity index (χ0v) is 15.4. The summed E-state index contributed by atoms with van der Waals surface area (Å²) in [5.41, 5.74) is 1.59. The van der Waals surface area contributed by atoms with Gasteiger partial charge in [0.05, 0.1) is 6.10 Å². The van der Waals surface area contributed by atoms with Crippen molar-refractivity contribution < 1.29 is 9.84 Å². The third kappa shape index (κ3) is 3.92. The number of aliphatic imine (C=N–C) groups is 1. The number of rotatable bonds is 7. The molecule has 138 valence electrons. The highest BCUT2D eigenvalue weighted by Gasteiger charge is 2.59. The quantitative estimate of drug-likeness (QED) is 0.404. The van der Waals surface area contributed by atoms with Crippen LogP contribution in [0, 0.1) is 5.41 Å². The first-order valence-corrected chi connectivity index (χ1v) is 9.54. The SMILES string of the molecule is CCOC1CC(NC(=NC)NCCCc2ccc(O)cc2)C12CCC2. The van der Waals surface area contributed by atoms with Crippen molar-refractivity contribution in [3.8, 4) is 5.75 Å². The van der Waals surface area contributed by atoms with Crippen LogP contribution in [-0.2, 0) is 11.2 Å². The number of hydrogen-bond donors (Lipinski definition) is 3. The third-order valence-corrected chi connectivity index (χ3v) is 5.84. The Hall–Kier alpha value is -1.75. The number of nitrogens with one attached hydrogen (secondary N) is 2. The summed E-state index contributed by atoms with van der Waals surface area (Å²) in [5, 5.41) is 16.4. The van der Waals surface area contributed by atoms with Gasteiger partial charge in [-0.3, -0.25) is 4.99 Å². The summed E-state index contributed by atoms with van der Waals surface area (Å²) < 4.78 is 5.92. The molecular weight excluding hydrogens is 314 g/mol. The molecule has 25 heavy (non-hydrogen) atoms. The molecule has 2 unspecified atom stereocenters. The molecule has 2 atom stereocenters. The van der Waals surface area contributed by atoms with Crippen molar-refractivity contribution in [1.82, 2.24) is 10.6 Å². The first-order valence-electron chi connectivity index (χ1n) is 9.54. The van der Waals surface area contributed by atoms with Gasteiger partial charge in [-0.2, -0.15) is 0 Å². The highest BCUT2D eigenvalue weighted by Crippen LogP contribution is 2.57. The van der Waals surface area contributed by atoms with Crippen LogP contribution in [0.15, 0.2) is 29.3 Å². The standard InChI is InChI=1S/C20H31N3O2/c1-3-25-18-14-17(20(18)11-5-12-20)23-19(21-2)22-13-4-6-15-7-9-16(24)10-8-15/h7-10,17-18,24H,3-6,11-14H2,1-2H3,(H2,21,22,23). The number of aryl methyl sites for hydroxylation is 1. The minimum absolute atomic E-state index is 0.322. The van der Waals surface area contributed by atoms with Crippen LogP contribution in [0.3, 0.4) is 0 Å². The molecule has 0 amide bonds. The lowest BCUT2D eigenvalue weighted by molar-refractivity contribution is -0.168. The summed E-state index contributed by atoms with van der Waals surface area (Å²) in [4.78, 5) is 4.38. The molecule has 2 aliphatic carbocycles. The van der Waals surface area contributed by atoms with E-state index in [1.807, 2.05) is 19.2 Å². The van der Waals surface area contributed by atoms with Gasteiger partial charge in [-0.15, -0.1) is 0 Å². The van der Waals surface area contributed by atoms with Gasteiger partial charge in [0.25, 0.3) is 0 Å². The topological polar surface area (TPSA) is 65.9 Å². The van der Waals surface area contributed by atoms with E-state index in [4.69, 9.17) is 4.74 Å².